The van der Waals surface area contributed by atoms with E-state index in [9.17, 15) is 0 Å². The van der Waals surface area contributed by atoms with Crippen molar-refractivity contribution in [3.05, 3.63) is 71.3 Å². The molecule has 3 nitrogen and oxygen atoms in total. The zero-order chi connectivity index (χ0) is 18.2. The molecule has 0 radical (unpaired) electrons. The zero-order valence-electron chi connectivity index (χ0n) is 16.8. The molecule has 0 atom stereocenters. The third kappa shape index (κ3) is 7.84. The summed E-state index contributed by atoms with van der Waals surface area (Å²) in [7, 11) is 0. The fourth-order valence-electron chi connectivity index (χ4n) is 3.14. The van der Waals surface area contributed by atoms with E-state index in [0.29, 0.717) is 12.5 Å². The van der Waals surface area contributed by atoms with Crippen molar-refractivity contribution >= 4 is 30.9 Å². The van der Waals surface area contributed by atoms with E-state index in [1.807, 2.05) is 12.1 Å². The van der Waals surface area contributed by atoms with Crippen molar-refractivity contribution in [3.8, 4) is 5.75 Å². The molecule has 2 aromatic carbocycles. The zero-order valence-corrected chi connectivity index (χ0v) is 18.4. The fraction of sp³-hybridized carbons (Fsp3) is 0.391. The molecule has 2 aromatic rings. The van der Waals surface area contributed by atoms with Gasteiger partial charge in [-0.1, -0.05) is 56.3 Å². The van der Waals surface area contributed by atoms with Crippen molar-refractivity contribution in [2.45, 2.75) is 26.3 Å². The number of hydrogen-bond donors (Lipinski definition) is 1. The molecule has 1 N–H and O–H groups in total. The highest BCUT2D eigenvalue weighted by molar-refractivity contribution is 5.85. The first-order valence-electron chi connectivity index (χ1n) is 9.62. The molecule has 0 bridgehead atoms. The van der Waals surface area contributed by atoms with E-state index in [4.69, 9.17) is 4.74 Å². The molecule has 0 aromatic heterocycles. The molecule has 0 spiro atoms. The van der Waals surface area contributed by atoms with Gasteiger partial charge in [0.15, 0.2) is 0 Å². The summed E-state index contributed by atoms with van der Waals surface area (Å²) in [6, 6.07) is 17.2. The van der Waals surface area contributed by atoms with Crippen LogP contribution in [0.15, 0.2) is 54.6 Å². The Labute approximate surface area is 182 Å². The largest absolute Gasteiger partial charge is 0.490 e. The summed E-state index contributed by atoms with van der Waals surface area (Å²) < 4.78 is 5.79. The Hall–Kier alpha value is -1.52. The van der Waals surface area contributed by atoms with Crippen LogP contribution in [0.1, 0.15) is 36.5 Å². The van der Waals surface area contributed by atoms with Crippen LogP contribution in [0, 0.1) is 0 Å². The predicted octanol–water partition coefficient (Wildman–Crippen LogP) is 5.15. The lowest BCUT2D eigenvalue weighted by Crippen LogP contribution is -2.42. The van der Waals surface area contributed by atoms with Gasteiger partial charge in [0.1, 0.15) is 12.4 Å². The van der Waals surface area contributed by atoms with Gasteiger partial charge in [0.25, 0.3) is 0 Å². The van der Waals surface area contributed by atoms with Gasteiger partial charge in [0.2, 0.25) is 0 Å². The molecule has 0 saturated carbocycles. The van der Waals surface area contributed by atoms with Gasteiger partial charge in [-0.15, -0.1) is 24.8 Å². The quantitative estimate of drug-likeness (QED) is 0.667. The molecular formula is C23H32Cl2N2O. The Bertz CT molecular complexity index is 694. The van der Waals surface area contributed by atoms with Crippen LogP contribution in [-0.4, -0.2) is 37.7 Å². The highest BCUT2D eigenvalue weighted by atomic mass is 35.5. The highest BCUT2D eigenvalue weighted by Crippen LogP contribution is 2.18. The molecule has 5 heteroatoms. The summed E-state index contributed by atoms with van der Waals surface area (Å²) in [5.41, 5.74) is 3.94. The van der Waals surface area contributed by atoms with Crippen molar-refractivity contribution in [2.75, 3.05) is 32.8 Å². The summed E-state index contributed by atoms with van der Waals surface area (Å²) in [6.45, 7) is 10.5. The SMILES string of the molecule is CC(C)c1ccc(OC/C=C/c2ccc(CN3CCNCC3)cc2)cc1.Cl.Cl. The van der Waals surface area contributed by atoms with Crippen LogP contribution in [-0.2, 0) is 6.54 Å². The lowest BCUT2D eigenvalue weighted by molar-refractivity contribution is 0.233. The second kappa shape index (κ2) is 12.8. The molecule has 1 aliphatic heterocycles. The number of nitrogens with one attached hydrogen (secondary N) is 1. The molecule has 0 amide bonds. The molecule has 0 aliphatic carbocycles. The van der Waals surface area contributed by atoms with Crippen molar-refractivity contribution in [2.24, 2.45) is 0 Å². The Morgan fingerprint density at radius 1 is 0.964 bits per heavy atom. The first-order valence-corrected chi connectivity index (χ1v) is 9.62. The number of hydrogen-bond acceptors (Lipinski definition) is 3. The minimum Gasteiger partial charge on any atom is -0.490 e. The van der Waals surface area contributed by atoms with Crippen molar-refractivity contribution < 1.29 is 4.74 Å². The van der Waals surface area contributed by atoms with Crippen LogP contribution in [0.2, 0.25) is 0 Å². The van der Waals surface area contributed by atoms with Gasteiger partial charge in [0, 0.05) is 32.7 Å². The number of rotatable bonds is 7. The number of nitrogens with zero attached hydrogens (tertiary/aromatic N) is 1. The molecule has 1 aliphatic rings. The summed E-state index contributed by atoms with van der Waals surface area (Å²) in [4.78, 5) is 2.50. The van der Waals surface area contributed by atoms with Crippen LogP contribution in [0.25, 0.3) is 6.08 Å². The van der Waals surface area contributed by atoms with Gasteiger partial charge in [0.05, 0.1) is 0 Å². The van der Waals surface area contributed by atoms with Gasteiger partial charge in [-0.05, 0) is 40.8 Å². The molecule has 28 heavy (non-hydrogen) atoms. The molecular weight excluding hydrogens is 391 g/mol. The Morgan fingerprint density at radius 2 is 1.61 bits per heavy atom. The van der Waals surface area contributed by atoms with Crippen molar-refractivity contribution in [1.82, 2.24) is 10.2 Å². The Kier molecular flexibility index (Phi) is 11.2. The molecule has 154 valence electrons. The van der Waals surface area contributed by atoms with Crippen molar-refractivity contribution in [3.63, 3.8) is 0 Å². The third-order valence-electron chi connectivity index (χ3n) is 4.80. The molecule has 3 rings (SSSR count). The maximum Gasteiger partial charge on any atom is 0.119 e. The topological polar surface area (TPSA) is 24.5 Å². The average Bonchev–Trinajstić information content (AvgIpc) is 2.68. The third-order valence-corrected chi connectivity index (χ3v) is 4.80. The van der Waals surface area contributed by atoms with E-state index >= 15 is 0 Å². The van der Waals surface area contributed by atoms with Gasteiger partial charge >= 0.3 is 0 Å². The maximum absolute atomic E-state index is 5.79. The molecule has 0 unspecified atom stereocenters. The monoisotopic (exact) mass is 422 g/mol. The fourth-order valence-corrected chi connectivity index (χ4v) is 3.14. The standard InChI is InChI=1S/C23H30N2O.2ClH/c1-19(2)22-9-11-23(12-10-22)26-17-3-4-20-5-7-21(8-6-20)18-25-15-13-24-14-16-25;;/h3-12,19,24H,13-18H2,1-2H3;2*1H/b4-3+;;. The number of halogens is 2. The molecule has 1 saturated heterocycles. The normalized spacial score (nSPS) is 14.5. The van der Waals surface area contributed by atoms with E-state index in [2.05, 4.69) is 72.6 Å². The Morgan fingerprint density at radius 3 is 2.21 bits per heavy atom. The van der Waals surface area contributed by atoms with Crippen LogP contribution in [0.5, 0.6) is 5.75 Å². The smallest absolute Gasteiger partial charge is 0.119 e. The number of benzene rings is 2. The van der Waals surface area contributed by atoms with Gasteiger partial charge in [-0.25, -0.2) is 0 Å². The molecule has 1 fully saturated rings. The minimum atomic E-state index is 0. The van der Waals surface area contributed by atoms with Gasteiger partial charge in [-0.2, -0.15) is 0 Å². The van der Waals surface area contributed by atoms with E-state index < -0.39 is 0 Å². The lowest BCUT2D eigenvalue weighted by Gasteiger charge is -2.27. The predicted molar refractivity (Wildman–Crippen MR) is 124 cm³/mol. The van der Waals surface area contributed by atoms with Gasteiger partial charge < -0.3 is 10.1 Å². The van der Waals surface area contributed by atoms with E-state index in [-0.39, 0.29) is 24.8 Å². The number of piperazine rings is 1. The first-order chi connectivity index (χ1) is 12.7. The van der Waals surface area contributed by atoms with E-state index in [0.717, 1.165) is 38.5 Å². The second-order valence-corrected chi connectivity index (χ2v) is 7.20. The van der Waals surface area contributed by atoms with Crippen molar-refractivity contribution in [1.29, 1.82) is 0 Å². The van der Waals surface area contributed by atoms with Crippen LogP contribution in [0.4, 0.5) is 0 Å². The van der Waals surface area contributed by atoms with E-state index in [1.165, 1.54) is 16.7 Å². The maximum atomic E-state index is 5.79. The van der Waals surface area contributed by atoms with Gasteiger partial charge in [-0.3, -0.25) is 4.90 Å². The Balaban J connectivity index is 0.00000196. The lowest BCUT2D eigenvalue weighted by atomic mass is 10.0. The summed E-state index contributed by atoms with van der Waals surface area (Å²) >= 11 is 0. The highest BCUT2D eigenvalue weighted by Gasteiger charge is 2.09. The van der Waals surface area contributed by atoms with E-state index in [1.54, 1.807) is 0 Å². The van der Waals surface area contributed by atoms with Crippen LogP contribution < -0.4 is 10.1 Å². The number of ether oxygens (including phenoxy) is 1. The first kappa shape index (κ1) is 24.5. The summed E-state index contributed by atoms with van der Waals surface area (Å²) in [5, 5.41) is 3.39. The van der Waals surface area contributed by atoms with Crippen LogP contribution in [0.3, 0.4) is 0 Å². The van der Waals surface area contributed by atoms with Crippen LogP contribution >= 0.6 is 24.8 Å². The summed E-state index contributed by atoms with van der Waals surface area (Å²) in [6.07, 6.45) is 4.19. The summed E-state index contributed by atoms with van der Waals surface area (Å²) in [5.74, 6) is 1.48. The second-order valence-electron chi connectivity index (χ2n) is 7.20. The minimum absolute atomic E-state index is 0. The average molecular weight is 423 g/mol. The molecule has 1 heterocycles.